The summed E-state index contributed by atoms with van der Waals surface area (Å²) in [5, 5.41) is 27.7. The van der Waals surface area contributed by atoms with Gasteiger partial charge >= 0.3 is 0 Å². The van der Waals surface area contributed by atoms with Gasteiger partial charge in [0.2, 0.25) is 0 Å². The summed E-state index contributed by atoms with van der Waals surface area (Å²) in [4.78, 5) is 22.1. The van der Waals surface area contributed by atoms with Gasteiger partial charge in [0.05, 0.1) is 11.1 Å². The topological polar surface area (TPSA) is 117 Å². The Balaban J connectivity index is 1.96. The predicted octanol–water partition coefficient (Wildman–Crippen LogP) is 2.90. The lowest BCUT2D eigenvalue weighted by atomic mass is 10.2. The fourth-order valence-corrected chi connectivity index (χ4v) is 2.01. The maximum atomic E-state index is 12.0. The highest BCUT2D eigenvalue weighted by Crippen LogP contribution is 2.21. The Morgan fingerprint density at radius 1 is 1.32 bits per heavy atom. The van der Waals surface area contributed by atoms with Crippen molar-refractivity contribution in [2.24, 2.45) is 5.10 Å². The maximum Gasteiger partial charge on any atom is 0.270 e. The van der Waals surface area contributed by atoms with Crippen molar-refractivity contribution in [2.45, 2.75) is 13.0 Å². The average Bonchev–Trinajstić information content (AvgIpc) is 2.58. The number of halogens is 1. The third-order valence-electron chi connectivity index (χ3n) is 3.22. The number of non-ortho nitro benzene ring substituents is 1. The van der Waals surface area contributed by atoms with Crippen molar-refractivity contribution < 1.29 is 14.8 Å². The molecule has 1 atom stereocenters. The molecule has 2 rings (SSSR count). The normalized spacial score (nSPS) is 11.9. The number of carbonyl (C=O) groups is 1. The van der Waals surface area contributed by atoms with E-state index in [2.05, 4.69) is 15.8 Å². The highest BCUT2D eigenvalue weighted by molar-refractivity contribution is 6.30. The molecule has 0 radical (unpaired) electrons. The molecule has 0 aliphatic heterocycles. The lowest BCUT2D eigenvalue weighted by molar-refractivity contribution is -0.384. The number of nitrogens with one attached hydrogen (secondary N) is 2. The maximum absolute atomic E-state index is 12.0. The fourth-order valence-electron chi connectivity index (χ4n) is 1.88. The summed E-state index contributed by atoms with van der Waals surface area (Å²) in [6.45, 7) is 1.64. The van der Waals surface area contributed by atoms with Gasteiger partial charge in [0, 0.05) is 28.4 Å². The van der Waals surface area contributed by atoms with Gasteiger partial charge in [-0.15, -0.1) is 0 Å². The van der Waals surface area contributed by atoms with Crippen molar-refractivity contribution in [3.63, 3.8) is 0 Å². The van der Waals surface area contributed by atoms with Crippen LogP contribution in [0.5, 0.6) is 5.75 Å². The van der Waals surface area contributed by atoms with Crippen molar-refractivity contribution in [3.05, 3.63) is 63.2 Å². The van der Waals surface area contributed by atoms with Crippen LogP contribution in [-0.2, 0) is 4.79 Å². The lowest BCUT2D eigenvalue weighted by Crippen LogP contribution is -2.34. The van der Waals surface area contributed by atoms with E-state index in [-0.39, 0.29) is 17.0 Å². The molecule has 2 aromatic rings. The number of phenolic OH excluding ortho intramolecular Hbond substituents is 1. The zero-order valence-electron chi connectivity index (χ0n) is 13.1. The van der Waals surface area contributed by atoms with Crippen molar-refractivity contribution in [1.29, 1.82) is 0 Å². The van der Waals surface area contributed by atoms with E-state index in [9.17, 15) is 20.0 Å². The molecular formula is C16H15ClN4O4. The smallest absolute Gasteiger partial charge is 0.270 e. The number of carbonyl (C=O) groups excluding carboxylic acids is 1. The van der Waals surface area contributed by atoms with E-state index in [0.29, 0.717) is 10.7 Å². The first-order valence-electron chi connectivity index (χ1n) is 7.19. The Labute approximate surface area is 148 Å². The highest BCUT2D eigenvalue weighted by Gasteiger charge is 2.12. The summed E-state index contributed by atoms with van der Waals surface area (Å²) in [6, 6.07) is 9.77. The third kappa shape index (κ3) is 5.18. The van der Waals surface area contributed by atoms with Crippen LogP contribution in [-0.4, -0.2) is 28.2 Å². The summed E-state index contributed by atoms with van der Waals surface area (Å²) < 4.78 is 0. The first kappa shape index (κ1) is 18.2. The van der Waals surface area contributed by atoms with Crippen LogP contribution in [0, 0.1) is 10.1 Å². The Morgan fingerprint density at radius 3 is 2.64 bits per heavy atom. The molecule has 0 fully saturated rings. The Bertz CT molecular complexity index is 808. The van der Waals surface area contributed by atoms with E-state index in [0.717, 1.165) is 12.3 Å². The van der Waals surface area contributed by atoms with Crippen LogP contribution in [0.15, 0.2) is 47.6 Å². The minimum Gasteiger partial charge on any atom is -0.507 e. The van der Waals surface area contributed by atoms with E-state index in [1.54, 1.807) is 31.2 Å². The molecule has 0 aliphatic carbocycles. The largest absolute Gasteiger partial charge is 0.507 e. The van der Waals surface area contributed by atoms with Crippen LogP contribution in [0.1, 0.15) is 12.5 Å². The molecular weight excluding hydrogens is 348 g/mol. The Morgan fingerprint density at radius 2 is 2.00 bits per heavy atom. The van der Waals surface area contributed by atoms with Gasteiger partial charge in [-0.2, -0.15) is 5.10 Å². The van der Waals surface area contributed by atoms with E-state index in [4.69, 9.17) is 11.6 Å². The number of hydrogen-bond acceptors (Lipinski definition) is 6. The molecule has 0 aliphatic rings. The SMILES string of the molecule is C[C@H](Nc1ccc(Cl)cc1)C(=O)N/N=C\c1cc([N+](=O)[O-])ccc1O. The number of hydrogen-bond donors (Lipinski definition) is 3. The van der Waals surface area contributed by atoms with Crippen LogP contribution < -0.4 is 10.7 Å². The number of hydrazone groups is 1. The van der Waals surface area contributed by atoms with E-state index in [1.807, 2.05) is 0 Å². The molecule has 0 bridgehead atoms. The molecule has 130 valence electrons. The second kappa shape index (κ2) is 8.11. The molecule has 0 spiro atoms. The van der Waals surface area contributed by atoms with E-state index in [1.165, 1.54) is 12.1 Å². The quantitative estimate of drug-likeness (QED) is 0.415. The first-order chi connectivity index (χ1) is 11.9. The van der Waals surface area contributed by atoms with Crippen LogP contribution in [0.25, 0.3) is 0 Å². The average molecular weight is 363 g/mol. The molecule has 25 heavy (non-hydrogen) atoms. The van der Waals surface area contributed by atoms with Gasteiger partial charge in [0.15, 0.2) is 0 Å². The minimum atomic E-state index is -0.590. The number of nitro benzene ring substituents is 1. The number of anilines is 1. The number of amides is 1. The van der Waals surface area contributed by atoms with E-state index < -0.39 is 16.9 Å². The van der Waals surface area contributed by atoms with Gasteiger partial charge in [0.1, 0.15) is 11.8 Å². The summed E-state index contributed by atoms with van der Waals surface area (Å²) in [5.41, 5.74) is 2.94. The van der Waals surface area contributed by atoms with Gasteiger partial charge in [0.25, 0.3) is 11.6 Å². The molecule has 1 amide bonds. The Hall–Kier alpha value is -3.13. The molecule has 0 saturated carbocycles. The molecule has 8 nitrogen and oxygen atoms in total. The summed E-state index contributed by atoms with van der Waals surface area (Å²) in [6.07, 6.45) is 1.13. The van der Waals surface area contributed by atoms with Gasteiger partial charge in [-0.3, -0.25) is 14.9 Å². The standard InChI is InChI=1S/C16H15ClN4O4/c1-10(19-13-4-2-12(17)3-5-13)16(23)20-18-9-11-8-14(21(24)25)6-7-15(11)22/h2-10,19,22H,1H3,(H,20,23)/b18-9-/t10-/m0/s1. The molecule has 0 heterocycles. The third-order valence-corrected chi connectivity index (χ3v) is 3.47. The number of aromatic hydroxyl groups is 1. The molecule has 3 N–H and O–H groups in total. The second-order valence-corrected chi connectivity index (χ2v) is 5.54. The summed E-state index contributed by atoms with van der Waals surface area (Å²) >= 11 is 5.79. The molecule has 9 heteroatoms. The van der Waals surface area contributed by atoms with Gasteiger partial charge in [-0.05, 0) is 37.3 Å². The van der Waals surface area contributed by atoms with Crippen LogP contribution >= 0.6 is 11.6 Å². The summed E-state index contributed by atoms with van der Waals surface area (Å²) in [5.74, 6) is -0.605. The number of nitro groups is 1. The summed E-state index contributed by atoms with van der Waals surface area (Å²) in [7, 11) is 0. The predicted molar refractivity (Wildman–Crippen MR) is 95.0 cm³/mol. The second-order valence-electron chi connectivity index (χ2n) is 5.11. The number of phenols is 1. The molecule has 0 aromatic heterocycles. The van der Waals surface area contributed by atoms with Crippen molar-refractivity contribution >= 4 is 35.1 Å². The van der Waals surface area contributed by atoms with Crippen LogP contribution in [0.3, 0.4) is 0 Å². The zero-order chi connectivity index (χ0) is 18.4. The molecule has 0 unspecified atom stereocenters. The zero-order valence-corrected chi connectivity index (χ0v) is 13.9. The van der Waals surface area contributed by atoms with Gasteiger partial charge in [-0.25, -0.2) is 5.43 Å². The van der Waals surface area contributed by atoms with Gasteiger partial charge < -0.3 is 10.4 Å². The fraction of sp³-hybridized carbons (Fsp3) is 0.125. The minimum absolute atomic E-state index is 0.118. The first-order valence-corrected chi connectivity index (χ1v) is 7.57. The van der Waals surface area contributed by atoms with Crippen molar-refractivity contribution in [3.8, 4) is 5.75 Å². The van der Waals surface area contributed by atoms with Crippen molar-refractivity contribution in [2.75, 3.05) is 5.32 Å². The number of benzene rings is 2. The Kier molecular flexibility index (Phi) is 5.91. The number of rotatable bonds is 6. The van der Waals surface area contributed by atoms with Crippen LogP contribution in [0.2, 0.25) is 5.02 Å². The van der Waals surface area contributed by atoms with Crippen LogP contribution in [0.4, 0.5) is 11.4 Å². The molecule has 0 saturated heterocycles. The number of nitrogens with zero attached hydrogens (tertiary/aromatic N) is 2. The monoisotopic (exact) mass is 362 g/mol. The molecule has 2 aromatic carbocycles. The highest BCUT2D eigenvalue weighted by atomic mass is 35.5. The lowest BCUT2D eigenvalue weighted by Gasteiger charge is -2.13. The van der Waals surface area contributed by atoms with Crippen molar-refractivity contribution in [1.82, 2.24) is 5.43 Å². The van der Waals surface area contributed by atoms with Gasteiger partial charge in [-0.1, -0.05) is 11.6 Å². The van der Waals surface area contributed by atoms with E-state index >= 15 is 0 Å².